The minimum Gasteiger partial charge on any atom is -0.481 e. The van der Waals surface area contributed by atoms with Crippen LogP contribution in [0, 0.1) is 11.6 Å². The SMILES string of the molecule is CCN(CCC(=O)O)C(=O)Nc1c(F)cc(Br)cc1F. The monoisotopic (exact) mass is 350 g/mol. The van der Waals surface area contributed by atoms with Crippen molar-refractivity contribution in [1.29, 1.82) is 0 Å². The van der Waals surface area contributed by atoms with Crippen LogP contribution in [-0.4, -0.2) is 35.1 Å². The zero-order chi connectivity index (χ0) is 15.3. The van der Waals surface area contributed by atoms with E-state index in [1.54, 1.807) is 6.92 Å². The Balaban J connectivity index is 2.81. The van der Waals surface area contributed by atoms with E-state index in [9.17, 15) is 18.4 Å². The number of halogens is 3. The van der Waals surface area contributed by atoms with Crippen LogP contribution in [-0.2, 0) is 4.79 Å². The van der Waals surface area contributed by atoms with Crippen LogP contribution < -0.4 is 5.32 Å². The fourth-order valence-electron chi connectivity index (χ4n) is 1.48. The molecule has 0 fully saturated rings. The van der Waals surface area contributed by atoms with Gasteiger partial charge in [-0.3, -0.25) is 4.79 Å². The van der Waals surface area contributed by atoms with E-state index in [4.69, 9.17) is 5.11 Å². The molecule has 0 bridgehead atoms. The number of hydrogen-bond donors (Lipinski definition) is 2. The predicted molar refractivity (Wildman–Crippen MR) is 72.6 cm³/mol. The van der Waals surface area contributed by atoms with Crippen LogP contribution in [0.4, 0.5) is 19.3 Å². The highest BCUT2D eigenvalue weighted by atomic mass is 79.9. The number of anilines is 1. The number of carboxylic acid groups (broad SMARTS) is 1. The standard InChI is InChI=1S/C12H13BrF2N2O3/c1-2-17(4-3-10(18)19)12(20)16-11-8(14)5-7(13)6-9(11)15/h5-6H,2-4H2,1H3,(H,16,20)(H,18,19). The molecular formula is C12H13BrF2N2O3. The molecule has 0 heterocycles. The Morgan fingerprint density at radius 1 is 1.35 bits per heavy atom. The first kappa shape index (κ1) is 16.4. The molecule has 1 aromatic rings. The van der Waals surface area contributed by atoms with Crippen molar-refractivity contribution in [1.82, 2.24) is 4.90 Å². The molecule has 1 aromatic carbocycles. The fourth-order valence-corrected chi connectivity index (χ4v) is 1.88. The molecule has 2 amide bonds. The Bertz CT molecular complexity index is 502. The number of nitrogens with zero attached hydrogens (tertiary/aromatic N) is 1. The summed E-state index contributed by atoms with van der Waals surface area (Å²) >= 11 is 2.93. The number of urea groups is 1. The summed E-state index contributed by atoms with van der Waals surface area (Å²) in [7, 11) is 0. The van der Waals surface area contributed by atoms with Gasteiger partial charge in [0.25, 0.3) is 0 Å². The van der Waals surface area contributed by atoms with E-state index < -0.39 is 29.3 Å². The summed E-state index contributed by atoms with van der Waals surface area (Å²) in [5.41, 5.74) is -0.563. The molecule has 5 nitrogen and oxygen atoms in total. The highest BCUT2D eigenvalue weighted by Gasteiger charge is 2.18. The molecule has 20 heavy (non-hydrogen) atoms. The zero-order valence-electron chi connectivity index (χ0n) is 10.6. The Morgan fingerprint density at radius 3 is 2.35 bits per heavy atom. The van der Waals surface area contributed by atoms with Crippen molar-refractivity contribution >= 4 is 33.6 Å². The van der Waals surface area contributed by atoms with E-state index in [1.165, 1.54) is 0 Å². The zero-order valence-corrected chi connectivity index (χ0v) is 12.2. The second-order valence-corrected chi connectivity index (χ2v) is 4.81. The number of amides is 2. The third-order valence-electron chi connectivity index (χ3n) is 2.50. The third kappa shape index (κ3) is 4.44. The average Bonchev–Trinajstić information content (AvgIpc) is 2.34. The van der Waals surface area contributed by atoms with Crippen molar-refractivity contribution in [3.05, 3.63) is 28.2 Å². The van der Waals surface area contributed by atoms with Crippen LogP contribution in [0.2, 0.25) is 0 Å². The van der Waals surface area contributed by atoms with Gasteiger partial charge in [0.15, 0.2) is 11.6 Å². The summed E-state index contributed by atoms with van der Waals surface area (Å²) in [5.74, 6) is -2.89. The van der Waals surface area contributed by atoms with Crippen LogP contribution in [0.5, 0.6) is 0 Å². The number of rotatable bonds is 5. The lowest BCUT2D eigenvalue weighted by Crippen LogP contribution is -2.36. The van der Waals surface area contributed by atoms with Crippen LogP contribution in [0.15, 0.2) is 16.6 Å². The summed E-state index contributed by atoms with van der Waals surface area (Å²) < 4.78 is 27.3. The molecule has 0 unspecified atom stereocenters. The van der Waals surface area contributed by atoms with Crippen molar-refractivity contribution in [3.8, 4) is 0 Å². The smallest absolute Gasteiger partial charge is 0.322 e. The Hall–Kier alpha value is -1.70. The summed E-state index contributed by atoms with van der Waals surface area (Å²) in [4.78, 5) is 23.4. The van der Waals surface area contributed by atoms with Gasteiger partial charge in [0.05, 0.1) is 6.42 Å². The van der Waals surface area contributed by atoms with Crippen molar-refractivity contribution in [3.63, 3.8) is 0 Å². The molecular weight excluding hydrogens is 338 g/mol. The molecule has 0 aliphatic rings. The Morgan fingerprint density at radius 2 is 1.90 bits per heavy atom. The van der Waals surface area contributed by atoms with E-state index in [0.29, 0.717) is 0 Å². The van der Waals surface area contributed by atoms with Gasteiger partial charge in [0.1, 0.15) is 5.69 Å². The maximum Gasteiger partial charge on any atom is 0.322 e. The topological polar surface area (TPSA) is 69.6 Å². The molecule has 0 radical (unpaired) electrons. The molecule has 1 rings (SSSR count). The van der Waals surface area contributed by atoms with Gasteiger partial charge in [-0.05, 0) is 19.1 Å². The lowest BCUT2D eigenvalue weighted by atomic mass is 10.3. The minimum atomic E-state index is -1.06. The fraction of sp³-hybridized carbons (Fsp3) is 0.333. The largest absolute Gasteiger partial charge is 0.481 e. The van der Waals surface area contributed by atoms with Gasteiger partial charge >= 0.3 is 12.0 Å². The predicted octanol–water partition coefficient (Wildman–Crippen LogP) is 3.06. The summed E-state index contributed by atoms with van der Waals surface area (Å²) in [6.07, 6.45) is -0.243. The van der Waals surface area contributed by atoms with Crippen LogP contribution in [0.25, 0.3) is 0 Å². The highest BCUT2D eigenvalue weighted by Crippen LogP contribution is 2.24. The van der Waals surface area contributed by atoms with Gasteiger partial charge in [-0.2, -0.15) is 0 Å². The van der Waals surface area contributed by atoms with Gasteiger partial charge in [-0.15, -0.1) is 0 Å². The van der Waals surface area contributed by atoms with Crippen molar-refractivity contribution < 1.29 is 23.5 Å². The number of aliphatic carboxylic acids is 1. The van der Waals surface area contributed by atoms with Crippen LogP contribution in [0.1, 0.15) is 13.3 Å². The van der Waals surface area contributed by atoms with E-state index in [1.807, 2.05) is 0 Å². The summed E-state index contributed by atoms with van der Waals surface area (Å²) in [5, 5.41) is 10.7. The molecule has 0 aliphatic carbocycles. The highest BCUT2D eigenvalue weighted by molar-refractivity contribution is 9.10. The molecule has 2 N–H and O–H groups in total. The lowest BCUT2D eigenvalue weighted by Gasteiger charge is -2.20. The minimum absolute atomic E-state index is 0.0442. The molecule has 0 spiro atoms. The normalized spacial score (nSPS) is 10.2. The van der Waals surface area contributed by atoms with Crippen molar-refractivity contribution in [2.24, 2.45) is 0 Å². The number of carbonyl (C=O) groups excluding carboxylic acids is 1. The molecule has 0 atom stereocenters. The number of carbonyl (C=O) groups is 2. The molecule has 110 valence electrons. The van der Waals surface area contributed by atoms with E-state index in [0.717, 1.165) is 17.0 Å². The van der Waals surface area contributed by atoms with Crippen LogP contribution in [0.3, 0.4) is 0 Å². The van der Waals surface area contributed by atoms with Gasteiger partial charge in [0, 0.05) is 17.6 Å². The second kappa shape index (κ2) is 7.18. The summed E-state index contributed by atoms with van der Waals surface area (Å²) in [6.45, 7) is 1.81. The van der Waals surface area contributed by atoms with E-state index in [2.05, 4.69) is 21.2 Å². The number of nitrogens with one attached hydrogen (secondary N) is 1. The molecule has 0 aromatic heterocycles. The van der Waals surface area contributed by atoms with Gasteiger partial charge in [0.2, 0.25) is 0 Å². The number of carboxylic acids is 1. The van der Waals surface area contributed by atoms with Gasteiger partial charge < -0.3 is 15.3 Å². The first-order chi connectivity index (χ1) is 9.35. The molecule has 0 aliphatic heterocycles. The van der Waals surface area contributed by atoms with E-state index in [-0.39, 0.29) is 24.0 Å². The van der Waals surface area contributed by atoms with E-state index >= 15 is 0 Å². The van der Waals surface area contributed by atoms with Crippen LogP contribution >= 0.6 is 15.9 Å². The number of hydrogen-bond acceptors (Lipinski definition) is 2. The maximum absolute atomic E-state index is 13.6. The lowest BCUT2D eigenvalue weighted by molar-refractivity contribution is -0.137. The first-order valence-corrected chi connectivity index (χ1v) is 6.56. The van der Waals surface area contributed by atoms with Crippen molar-refractivity contribution in [2.75, 3.05) is 18.4 Å². The average molecular weight is 351 g/mol. The van der Waals surface area contributed by atoms with Gasteiger partial charge in [-0.25, -0.2) is 13.6 Å². The third-order valence-corrected chi connectivity index (χ3v) is 2.96. The molecule has 8 heteroatoms. The quantitative estimate of drug-likeness (QED) is 0.857. The maximum atomic E-state index is 13.6. The number of benzene rings is 1. The van der Waals surface area contributed by atoms with Gasteiger partial charge in [-0.1, -0.05) is 15.9 Å². The summed E-state index contributed by atoms with van der Waals surface area (Å²) in [6, 6.07) is 1.28. The molecule has 0 saturated heterocycles. The second-order valence-electron chi connectivity index (χ2n) is 3.90. The molecule has 0 saturated carbocycles. The van der Waals surface area contributed by atoms with Crippen molar-refractivity contribution in [2.45, 2.75) is 13.3 Å². The Kier molecular flexibility index (Phi) is 5.87. The Labute approximate surface area is 122 Å². The first-order valence-electron chi connectivity index (χ1n) is 5.77.